The molecule has 0 amide bonds. The van der Waals surface area contributed by atoms with E-state index in [1.807, 2.05) is 5.38 Å². The quantitative estimate of drug-likeness (QED) is 0.904. The lowest BCUT2D eigenvalue weighted by Crippen LogP contribution is -2.34. The minimum Gasteiger partial charge on any atom is -0.309 e. The maximum atomic E-state index is 12.9. The summed E-state index contributed by atoms with van der Waals surface area (Å²) in [6.45, 7) is 2.03. The van der Waals surface area contributed by atoms with E-state index in [0.29, 0.717) is 30.6 Å². The smallest absolute Gasteiger partial charge is 0.244 e. The van der Waals surface area contributed by atoms with Gasteiger partial charge in [0.05, 0.1) is 4.90 Å². The maximum Gasteiger partial charge on any atom is 0.244 e. The molecule has 0 atom stereocenters. The van der Waals surface area contributed by atoms with Gasteiger partial charge in [0.2, 0.25) is 10.0 Å². The fraction of sp³-hybridized carbons (Fsp3) is 0.733. The molecule has 2 fully saturated rings. The molecular weight excluding hydrogens is 304 g/mol. The average molecular weight is 329 g/mol. The Morgan fingerprint density at radius 3 is 2.48 bits per heavy atom. The van der Waals surface area contributed by atoms with Crippen molar-refractivity contribution in [1.82, 2.24) is 9.62 Å². The molecule has 4 nitrogen and oxygen atoms in total. The number of hydrogen-bond acceptors (Lipinski definition) is 4. The molecule has 0 spiro atoms. The molecule has 1 aliphatic carbocycles. The molecule has 0 radical (unpaired) electrons. The first-order valence-electron chi connectivity index (χ1n) is 7.98. The normalized spacial score (nSPS) is 21.9. The fourth-order valence-electron chi connectivity index (χ4n) is 2.81. The average Bonchev–Trinajstić information content (AvgIpc) is 3.11. The van der Waals surface area contributed by atoms with Gasteiger partial charge >= 0.3 is 0 Å². The second kappa shape index (κ2) is 6.77. The number of thiophene rings is 1. The van der Waals surface area contributed by atoms with Crippen molar-refractivity contribution in [3.05, 3.63) is 16.3 Å². The van der Waals surface area contributed by atoms with Gasteiger partial charge in [-0.05, 0) is 37.1 Å². The molecule has 118 valence electrons. The number of nitrogens with one attached hydrogen (secondary N) is 1. The summed E-state index contributed by atoms with van der Waals surface area (Å²) in [7, 11) is -3.31. The van der Waals surface area contributed by atoms with Crippen LogP contribution in [-0.4, -0.2) is 31.9 Å². The van der Waals surface area contributed by atoms with Crippen LogP contribution in [0.3, 0.4) is 0 Å². The summed E-state index contributed by atoms with van der Waals surface area (Å²) >= 11 is 1.55. The van der Waals surface area contributed by atoms with Gasteiger partial charge in [0, 0.05) is 30.6 Å². The van der Waals surface area contributed by atoms with Crippen molar-refractivity contribution < 1.29 is 8.42 Å². The Kier molecular flexibility index (Phi) is 4.99. The van der Waals surface area contributed by atoms with Crippen LogP contribution in [0.1, 0.15) is 49.8 Å². The molecule has 6 heteroatoms. The number of sulfonamides is 1. The maximum absolute atomic E-state index is 12.9. The summed E-state index contributed by atoms with van der Waals surface area (Å²) in [6, 6.07) is 2.38. The van der Waals surface area contributed by atoms with Crippen LogP contribution in [0.2, 0.25) is 0 Å². The second-order valence-electron chi connectivity index (χ2n) is 6.04. The van der Waals surface area contributed by atoms with E-state index in [-0.39, 0.29) is 0 Å². The van der Waals surface area contributed by atoms with Crippen molar-refractivity contribution in [3.63, 3.8) is 0 Å². The first-order valence-corrected chi connectivity index (χ1v) is 10.3. The molecule has 0 unspecified atom stereocenters. The number of nitrogens with zero attached hydrogens (tertiary/aromatic N) is 1. The van der Waals surface area contributed by atoms with Crippen molar-refractivity contribution in [3.8, 4) is 0 Å². The van der Waals surface area contributed by atoms with Gasteiger partial charge in [-0.3, -0.25) is 0 Å². The van der Waals surface area contributed by atoms with Crippen LogP contribution >= 0.6 is 11.3 Å². The summed E-state index contributed by atoms with van der Waals surface area (Å²) in [5, 5.41) is 5.33. The molecule has 1 aromatic rings. The fourth-order valence-corrected chi connectivity index (χ4v) is 5.69. The minimum atomic E-state index is -3.31. The summed E-state index contributed by atoms with van der Waals surface area (Å²) in [4.78, 5) is 1.49. The van der Waals surface area contributed by atoms with Crippen molar-refractivity contribution >= 4 is 21.4 Å². The third-order valence-electron chi connectivity index (χ3n) is 4.27. The van der Waals surface area contributed by atoms with E-state index < -0.39 is 10.0 Å². The highest BCUT2D eigenvalue weighted by Gasteiger charge is 2.28. The van der Waals surface area contributed by atoms with Crippen molar-refractivity contribution in [2.45, 2.75) is 62.4 Å². The van der Waals surface area contributed by atoms with Gasteiger partial charge in [0.15, 0.2) is 0 Å². The van der Waals surface area contributed by atoms with Crippen LogP contribution in [0.25, 0.3) is 0 Å². The molecule has 21 heavy (non-hydrogen) atoms. The molecular formula is C15H24N2O2S2. The Morgan fingerprint density at radius 2 is 1.81 bits per heavy atom. The highest BCUT2D eigenvalue weighted by molar-refractivity contribution is 7.89. The Labute approximate surface area is 131 Å². The topological polar surface area (TPSA) is 49.4 Å². The zero-order chi connectivity index (χ0) is 14.7. The minimum absolute atomic E-state index is 0.529. The number of rotatable bonds is 5. The number of hydrogen-bond donors (Lipinski definition) is 1. The SMILES string of the molecule is O=S(=O)(c1ccsc1CNC1CC1)N1CCCCCCC1. The van der Waals surface area contributed by atoms with Gasteiger partial charge in [-0.15, -0.1) is 11.3 Å². The van der Waals surface area contributed by atoms with Gasteiger partial charge < -0.3 is 5.32 Å². The van der Waals surface area contributed by atoms with E-state index in [2.05, 4.69) is 5.32 Å². The molecule has 1 saturated heterocycles. The zero-order valence-electron chi connectivity index (χ0n) is 12.4. The molecule has 2 heterocycles. The Morgan fingerprint density at radius 1 is 1.14 bits per heavy atom. The highest BCUT2D eigenvalue weighted by atomic mass is 32.2. The van der Waals surface area contributed by atoms with Crippen LogP contribution in [-0.2, 0) is 16.6 Å². The van der Waals surface area contributed by atoms with Crippen LogP contribution < -0.4 is 5.32 Å². The third-order valence-corrected chi connectivity index (χ3v) is 7.30. The lowest BCUT2D eigenvalue weighted by molar-refractivity contribution is 0.364. The molecule has 1 aliphatic heterocycles. The van der Waals surface area contributed by atoms with Gasteiger partial charge in [-0.1, -0.05) is 19.3 Å². The van der Waals surface area contributed by atoms with E-state index in [0.717, 1.165) is 30.6 Å². The predicted octanol–water partition coefficient (Wildman–Crippen LogP) is 2.95. The van der Waals surface area contributed by atoms with Crippen LogP contribution in [0.5, 0.6) is 0 Å². The monoisotopic (exact) mass is 328 g/mol. The first-order chi connectivity index (χ1) is 10.2. The summed E-state index contributed by atoms with van der Waals surface area (Å²) < 4.78 is 27.5. The van der Waals surface area contributed by atoms with E-state index in [4.69, 9.17) is 0 Å². The molecule has 2 aliphatic rings. The summed E-state index contributed by atoms with van der Waals surface area (Å²) in [5.74, 6) is 0. The van der Waals surface area contributed by atoms with Crippen molar-refractivity contribution in [1.29, 1.82) is 0 Å². The molecule has 0 aromatic carbocycles. The summed E-state index contributed by atoms with van der Waals surface area (Å²) in [5.41, 5.74) is 0. The van der Waals surface area contributed by atoms with E-state index in [1.165, 1.54) is 19.3 Å². The Hall–Kier alpha value is -0.430. The largest absolute Gasteiger partial charge is 0.309 e. The predicted molar refractivity (Wildman–Crippen MR) is 86.0 cm³/mol. The molecule has 1 aromatic heterocycles. The van der Waals surface area contributed by atoms with Gasteiger partial charge in [0.1, 0.15) is 0 Å². The molecule has 3 rings (SSSR count). The lowest BCUT2D eigenvalue weighted by atomic mass is 10.1. The van der Waals surface area contributed by atoms with E-state index in [9.17, 15) is 8.42 Å². The highest BCUT2D eigenvalue weighted by Crippen LogP contribution is 2.28. The molecule has 1 N–H and O–H groups in total. The van der Waals surface area contributed by atoms with E-state index >= 15 is 0 Å². The van der Waals surface area contributed by atoms with Crippen LogP contribution in [0.15, 0.2) is 16.3 Å². The molecule has 0 bridgehead atoms. The van der Waals surface area contributed by atoms with Crippen LogP contribution in [0.4, 0.5) is 0 Å². The Balaban J connectivity index is 1.74. The first kappa shape index (κ1) is 15.5. The summed E-state index contributed by atoms with van der Waals surface area (Å²) in [6.07, 6.45) is 7.94. The van der Waals surface area contributed by atoms with Gasteiger partial charge in [0.25, 0.3) is 0 Å². The van der Waals surface area contributed by atoms with Crippen LogP contribution in [0, 0.1) is 0 Å². The van der Waals surface area contributed by atoms with E-state index in [1.54, 1.807) is 21.7 Å². The zero-order valence-corrected chi connectivity index (χ0v) is 14.0. The van der Waals surface area contributed by atoms with Gasteiger partial charge in [-0.25, -0.2) is 8.42 Å². The second-order valence-corrected chi connectivity index (χ2v) is 8.94. The standard InChI is InChI=1S/C15H24N2O2S2/c18-21(19,17-9-4-2-1-3-5-10-17)15-8-11-20-14(15)12-16-13-6-7-13/h8,11,13,16H,1-7,9-10,12H2. The van der Waals surface area contributed by atoms with Crippen molar-refractivity contribution in [2.75, 3.05) is 13.1 Å². The van der Waals surface area contributed by atoms with Crippen molar-refractivity contribution in [2.24, 2.45) is 0 Å². The lowest BCUT2D eigenvalue weighted by Gasteiger charge is -2.24. The van der Waals surface area contributed by atoms with Gasteiger partial charge in [-0.2, -0.15) is 4.31 Å². The molecule has 1 saturated carbocycles. The Bertz CT molecular complexity index is 556. The third kappa shape index (κ3) is 3.86.